The molecule has 0 fully saturated rings. The fourth-order valence-corrected chi connectivity index (χ4v) is 1.54. The Labute approximate surface area is 105 Å². The van der Waals surface area contributed by atoms with Gasteiger partial charge in [-0.05, 0) is 42.0 Å². The lowest BCUT2D eigenvalue weighted by atomic mass is 10.1. The molecule has 0 aliphatic rings. The molecule has 0 unspecified atom stereocenters. The molecule has 2 rings (SSSR count). The summed E-state index contributed by atoms with van der Waals surface area (Å²) >= 11 is 0. The molecule has 0 saturated heterocycles. The average molecular weight is 234 g/mol. The Morgan fingerprint density at radius 2 is 1.72 bits per heavy atom. The van der Waals surface area contributed by atoms with Crippen LogP contribution in [0.1, 0.15) is 11.1 Å². The highest BCUT2D eigenvalue weighted by atomic mass is 16.5. The summed E-state index contributed by atoms with van der Waals surface area (Å²) in [7, 11) is 0. The first kappa shape index (κ1) is 11.7. The Morgan fingerprint density at radius 1 is 0.944 bits per heavy atom. The van der Waals surface area contributed by atoms with Crippen molar-refractivity contribution < 1.29 is 4.74 Å². The van der Waals surface area contributed by atoms with Crippen molar-refractivity contribution in [3.05, 3.63) is 59.7 Å². The van der Waals surface area contributed by atoms with Gasteiger partial charge < -0.3 is 4.74 Å². The molecular weight excluding hydrogens is 224 g/mol. The van der Waals surface area contributed by atoms with Crippen molar-refractivity contribution >= 4 is 0 Å². The number of hydrogen-bond donors (Lipinski definition) is 0. The van der Waals surface area contributed by atoms with Crippen LogP contribution in [0.25, 0.3) is 0 Å². The van der Waals surface area contributed by atoms with E-state index >= 15 is 0 Å². The van der Waals surface area contributed by atoms with E-state index in [0.29, 0.717) is 23.5 Å². The van der Waals surface area contributed by atoms with Gasteiger partial charge in [0.1, 0.15) is 11.5 Å². The Kier molecular flexibility index (Phi) is 3.59. The first-order chi connectivity index (χ1) is 8.81. The molecule has 0 N–H and O–H groups in total. The SMILES string of the molecule is N#CCc1cccc(Oc2ccc(C#N)cc2)c1. The molecule has 0 aromatic heterocycles. The predicted octanol–water partition coefficient (Wildman–Crippen LogP) is 3.42. The van der Waals surface area contributed by atoms with Gasteiger partial charge in [-0.1, -0.05) is 12.1 Å². The Balaban J connectivity index is 2.15. The normalized spacial score (nSPS) is 9.22. The average Bonchev–Trinajstić information content (AvgIpc) is 2.40. The Bertz CT molecular complexity index is 618. The van der Waals surface area contributed by atoms with E-state index in [-0.39, 0.29) is 0 Å². The smallest absolute Gasteiger partial charge is 0.127 e. The van der Waals surface area contributed by atoms with E-state index in [1.165, 1.54) is 0 Å². The lowest BCUT2D eigenvalue weighted by molar-refractivity contribution is 0.482. The third-order valence-electron chi connectivity index (χ3n) is 2.40. The number of nitrogens with zero attached hydrogens (tertiary/aromatic N) is 2. The summed E-state index contributed by atoms with van der Waals surface area (Å²) < 4.78 is 5.65. The summed E-state index contributed by atoms with van der Waals surface area (Å²) in [6.45, 7) is 0. The lowest BCUT2D eigenvalue weighted by Gasteiger charge is -2.06. The van der Waals surface area contributed by atoms with Gasteiger partial charge in [0.05, 0.1) is 24.1 Å². The Morgan fingerprint density at radius 3 is 2.39 bits per heavy atom. The summed E-state index contributed by atoms with van der Waals surface area (Å²) in [5.74, 6) is 1.36. The van der Waals surface area contributed by atoms with Crippen LogP contribution < -0.4 is 4.74 Å². The van der Waals surface area contributed by atoms with Gasteiger partial charge in [0, 0.05) is 0 Å². The molecule has 0 heterocycles. The molecule has 0 aliphatic heterocycles. The zero-order valence-corrected chi connectivity index (χ0v) is 9.63. The topological polar surface area (TPSA) is 56.8 Å². The highest BCUT2D eigenvalue weighted by Gasteiger charge is 1.99. The fraction of sp³-hybridized carbons (Fsp3) is 0.0667. The predicted molar refractivity (Wildman–Crippen MR) is 67.0 cm³/mol. The third-order valence-corrected chi connectivity index (χ3v) is 2.40. The van der Waals surface area contributed by atoms with E-state index in [4.69, 9.17) is 15.3 Å². The largest absolute Gasteiger partial charge is 0.457 e. The molecule has 0 bridgehead atoms. The van der Waals surface area contributed by atoms with Crippen molar-refractivity contribution in [2.24, 2.45) is 0 Å². The van der Waals surface area contributed by atoms with E-state index in [0.717, 1.165) is 5.56 Å². The minimum atomic E-state index is 0.366. The van der Waals surface area contributed by atoms with E-state index in [1.54, 1.807) is 24.3 Å². The quantitative estimate of drug-likeness (QED) is 0.817. The van der Waals surface area contributed by atoms with E-state index in [9.17, 15) is 0 Å². The number of nitriles is 2. The molecule has 18 heavy (non-hydrogen) atoms. The standard InChI is InChI=1S/C15H10N2O/c16-9-8-12-2-1-3-15(10-12)18-14-6-4-13(11-17)5-7-14/h1-7,10H,8H2. The number of ether oxygens (including phenoxy) is 1. The van der Waals surface area contributed by atoms with Crippen LogP contribution in [0.2, 0.25) is 0 Å². The molecule has 0 amide bonds. The van der Waals surface area contributed by atoms with Crippen LogP contribution in [0.15, 0.2) is 48.5 Å². The van der Waals surface area contributed by atoms with Gasteiger partial charge in [-0.3, -0.25) is 0 Å². The Hall–Kier alpha value is -2.78. The van der Waals surface area contributed by atoms with Crippen molar-refractivity contribution in [2.75, 3.05) is 0 Å². The zero-order valence-electron chi connectivity index (χ0n) is 9.63. The second-order valence-electron chi connectivity index (χ2n) is 3.72. The summed E-state index contributed by atoms with van der Waals surface area (Å²) in [6.07, 6.45) is 0.366. The summed E-state index contributed by atoms with van der Waals surface area (Å²) in [5.41, 5.74) is 1.52. The van der Waals surface area contributed by atoms with Crippen molar-refractivity contribution in [1.82, 2.24) is 0 Å². The van der Waals surface area contributed by atoms with Gasteiger partial charge in [0.2, 0.25) is 0 Å². The minimum absolute atomic E-state index is 0.366. The molecule has 2 aromatic carbocycles. The molecule has 3 nitrogen and oxygen atoms in total. The van der Waals surface area contributed by atoms with E-state index < -0.39 is 0 Å². The molecular formula is C15H10N2O. The highest BCUT2D eigenvalue weighted by molar-refractivity contribution is 5.38. The second kappa shape index (κ2) is 5.52. The molecule has 0 radical (unpaired) electrons. The first-order valence-corrected chi connectivity index (χ1v) is 5.46. The maximum Gasteiger partial charge on any atom is 0.127 e. The van der Waals surface area contributed by atoms with Gasteiger partial charge in [0.15, 0.2) is 0 Å². The summed E-state index contributed by atoms with van der Waals surface area (Å²) in [4.78, 5) is 0. The molecule has 0 saturated carbocycles. The highest BCUT2D eigenvalue weighted by Crippen LogP contribution is 2.22. The molecule has 0 spiro atoms. The van der Waals surface area contributed by atoms with Gasteiger partial charge in [-0.2, -0.15) is 10.5 Å². The fourth-order valence-electron chi connectivity index (χ4n) is 1.54. The van der Waals surface area contributed by atoms with Crippen molar-refractivity contribution in [2.45, 2.75) is 6.42 Å². The molecule has 0 atom stereocenters. The number of hydrogen-bond acceptors (Lipinski definition) is 3. The van der Waals surface area contributed by atoms with Gasteiger partial charge in [-0.15, -0.1) is 0 Å². The number of rotatable bonds is 3. The number of benzene rings is 2. The first-order valence-electron chi connectivity index (χ1n) is 5.46. The summed E-state index contributed by atoms with van der Waals surface area (Å²) in [5, 5.41) is 17.3. The van der Waals surface area contributed by atoms with Gasteiger partial charge >= 0.3 is 0 Å². The van der Waals surface area contributed by atoms with Crippen LogP contribution in [0, 0.1) is 22.7 Å². The van der Waals surface area contributed by atoms with Gasteiger partial charge in [0.25, 0.3) is 0 Å². The zero-order chi connectivity index (χ0) is 12.8. The van der Waals surface area contributed by atoms with Crippen LogP contribution in [0.4, 0.5) is 0 Å². The van der Waals surface area contributed by atoms with Crippen LogP contribution in [-0.4, -0.2) is 0 Å². The van der Waals surface area contributed by atoms with Crippen LogP contribution in [-0.2, 0) is 6.42 Å². The third kappa shape index (κ3) is 2.87. The molecule has 2 aromatic rings. The van der Waals surface area contributed by atoms with Gasteiger partial charge in [-0.25, -0.2) is 0 Å². The minimum Gasteiger partial charge on any atom is -0.457 e. The second-order valence-corrected chi connectivity index (χ2v) is 3.72. The molecule has 0 aliphatic carbocycles. The van der Waals surface area contributed by atoms with E-state index in [2.05, 4.69) is 12.1 Å². The van der Waals surface area contributed by atoms with Crippen molar-refractivity contribution in [1.29, 1.82) is 10.5 Å². The van der Waals surface area contributed by atoms with Crippen LogP contribution in [0.3, 0.4) is 0 Å². The van der Waals surface area contributed by atoms with E-state index in [1.807, 2.05) is 24.3 Å². The summed E-state index contributed by atoms with van der Waals surface area (Å²) in [6, 6.07) is 18.5. The maximum absolute atomic E-state index is 8.69. The monoisotopic (exact) mass is 234 g/mol. The maximum atomic E-state index is 8.69. The molecule has 86 valence electrons. The van der Waals surface area contributed by atoms with Crippen LogP contribution >= 0.6 is 0 Å². The van der Waals surface area contributed by atoms with Crippen molar-refractivity contribution in [3.63, 3.8) is 0 Å². The lowest BCUT2D eigenvalue weighted by Crippen LogP contribution is -1.87. The van der Waals surface area contributed by atoms with Crippen molar-refractivity contribution in [3.8, 4) is 23.6 Å². The molecule has 3 heteroatoms. The van der Waals surface area contributed by atoms with Crippen LogP contribution in [0.5, 0.6) is 11.5 Å².